The summed E-state index contributed by atoms with van der Waals surface area (Å²) < 4.78 is 24.4. The molecule has 1 aromatic rings. The lowest BCUT2D eigenvalue weighted by Gasteiger charge is -2.38. The zero-order chi connectivity index (χ0) is 17.1. The number of rotatable bonds is 4. The molecule has 1 heterocycles. The second-order valence-corrected chi connectivity index (χ2v) is 6.55. The largest absolute Gasteiger partial charge is 0.375 e. The van der Waals surface area contributed by atoms with E-state index in [9.17, 15) is 9.18 Å². The summed E-state index contributed by atoms with van der Waals surface area (Å²) in [6.07, 6.45) is 2.98. The third-order valence-electron chi connectivity index (χ3n) is 5.00. The molecular weight excluding hydrogens is 311 g/mol. The lowest BCUT2D eigenvalue weighted by atomic mass is 10.0. The van der Waals surface area contributed by atoms with E-state index in [4.69, 9.17) is 9.47 Å². The Morgan fingerprint density at radius 3 is 2.83 bits per heavy atom. The molecule has 4 atom stereocenters. The highest BCUT2D eigenvalue weighted by atomic mass is 19.1. The predicted molar refractivity (Wildman–Crippen MR) is 88.2 cm³/mol. The molecule has 2 fully saturated rings. The van der Waals surface area contributed by atoms with Gasteiger partial charge in [-0.15, -0.1) is 0 Å². The van der Waals surface area contributed by atoms with Crippen LogP contribution in [0.15, 0.2) is 24.3 Å². The van der Waals surface area contributed by atoms with Gasteiger partial charge < -0.3 is 19.7 Å². The van der Waals surface area contributed by atoms with Crippen molar-refractivity contribution in [1.29, 1.82) is 0 Å². The molecule has 132 valence electrons. The number of carbonyl (C=O) groups is 1. The van der Waals surface area contributed by atoms with Gasteiger partial charge >= 0.3 is 6.03 Å². The van der Waals surface area contributed by atoms with Crippen molar-refractivity contribution >= 4 is 6.03 Å². The molecule has 1 aliphatic heterocycles. The van der Waals surface area contributed by atoms with E-state index in [1.807, 2.05) is 11.8 Å². The number of amides is 2. The number of hydrogen-bond acceptors (Lipinski definition) is 3. The van der Waals surface area contributed by atoms with Crippen LogP contribution in [0, 0.1) is 5.82 Å². The molecule has 1 saturated carbocycles. The average Bonchev–Trinajstić information content (AvgIpc) is 3.05. The minimum absolute atomic E-state index is 0.0770. The molecule has 2 amide bonds. The average molecular weight is 336 g/mol. The molecule has 2 aliphatic rings. The standard InChI is InChI=1S/C18H25FN2O3/c1-12(17(23-2)13-6-8-14(19)9-7-13)20-18(22)21-10-11-24-16-5-3-4-15(16)21/h6-9,12,15-17H,3-5,10-11H2,1-2H3,(H,20,22)/t12-,15-,16+,17-/m1/s1. The number of urea groups is 1. The number of halogens is 1. The van der Waals surface area contributed by atoms with E-state index in [2.05, 4.69) is 5.32 Å². The Labute approximate surface area is 142 Å². The van der Waals surface area contributed by atoms with Crippen molar-refractivity contribution in [3.63, 3.8) is 0 Å². The normalized spacial score (nSPS) is 25.9. The summed E-state index contributed by atoms with van der Waals surface area (Å²) in [5.41, 5.74) is 0.840. The van der Waals surface area contributed by atoms with E-state index < -0.39 is 0 Å². The summed E-state index contributed by atoms with van der Waals surface area (Å²) in [5.74, 6) is -0.286. The molecule has 1 saturated heterocycles. The first-order valence-corrected chi connectivity index (χ1v) is 8.57. The van der Waals surface area contributed by atoms with Crippen LogP contribution in [-0.4, -0.2) is 49.4 Å². The molecule has 1 N–H and O–H groups in total. The predicted octanol–water partition coefficient (Wildman–Crippen LogP) is 2.86. The van der Waals surface area contributed by atoms with Crippen molar-refractivity contribution in [2.75, 3.05) is 20.3 Å². The summed E-state index contributed by atoms with van der Waals surface area (Å²) in [6, 6.07) is 6.06. The van der Waals surface area contributed by atoms with E-state index >= 15 is 0 Å². The van der Waals surface area contributed by atoms with Crippen LogP contribution in [-0.2, 0) is 9.47 Å². The first-order valence-electron chi connectivity index (χ1n) is 8.57. The van der Waals surface area contributed by atoms with Gasteiger partial charge in [0.2, 0.25) is 0 Å². The minimum Gasteiger partial charge on any atom is -0.375 e. The molecule has 0 radical (unpaired) electrons. The highest BCUT2D eigenvalue weighted by molar-refractivity contribution is 5.75. The number of nitrogens with zero attached hydrogens (tertiary/aromatic N) is 1. The third-order valence-corrected chi connectivity index (χ3v) is 5.00. The van der Waals surface area contributed by atoms with E-state index in [0.29, 0.717) is 13.2 Å². The maximum absolute atomic E-state index is 13.1. The van der Waals surface area contributed by atoms with E-state index in [1.165, 1.54) is 12.1 Å². The summed E-state index contributed by atoms with van der Waals surface area (Å²) in [5, 5.41) is 3.04. The highest BCUT2D eigenvalue weighted by Gasteiger charge is 2.39. The fourth-order valence-corrected chi connectivity index (χ4v) is 3.81. The SMILES string of the molecule is CO[C@@H](c1ccc(F)cc1)[C@@H](C)NC(=O)N1CCO[C@H]2CCC[C@H]21. The molecule has 5 nitrogen and oxygen atoms in total. The Morgan fingerprint density at radius 1 is 1.38 bits per heavy atom. The van der Waals surface area contributed by atoms with Gasteiger partial charge in [0.25, 0.3) is 0 Å². The van der Waals surface area contributed by atoms with Gasteiger partial charge in [0.05, 0.1) is 24.8 Å². The zero-order valence-electron chi connectivity index (χ0n) is 14.2. The van der Waals surface area contributed by atoms with Gasteiger partial charge in [-0.05, 0) is 43.9 Å². The first-order chi connectivity index (χ1) is 11.6. The van der Waals surface area contributed by atoms with Gasteiger partial charge in [0, 0.05) is 13.7 Å². The van der Waals surface area contributed by atoms with Crippen LogP contribution in [0.2, 0.25) is 0 Å². The Bertz CT molecular complexity index is 566. The number of carbonyl (C=O) groups excluding carboxylic acids is 1. The Morgan fingerprint density at radius 2 is 2.12 bits per heavy atom. The minimum atomic E-state index is -0.324. The number of ether oxygens (including phenoxy) is 2. The molecular formula is C18H25FN2O3. The Hall–Kier alpha value is -1.66. The molecule has 24 heavy (non-hydrogen) atoms. The topological polar surface area (TPSA) is 50.8 Å². The second-order valence-electron chi connectivity index (χ2n) is 6.55. The Balaban J connectivity index is 1.65. The summed E-state index contributed by atoms with van der Waals surface area (Å²) in [6.45, 7) is 3.12. The van der Waals surface area contributed by atoms with Gasteiger partial charge in [-0.3, -0.25) is 0 Å². The monoisotopic (exact) mass is 336 g/mol. The second kappa shape index (κ2) is 7.49. The van der Waals surface area contributed by atoms with Crippen molar-refractivity contribution in [2.45, 2.75) is 50.5 Å². The highest BCUT2D eigenvalue weighted by Crippen LogP contribution is 2.30. The van der Waals surface area contributed by atoms with Crippen LogP contribution in [0.4, 0.5) is 9.18 Å². The number of nitrogens with one attached hydrogen (secondary N) is 1. The molecule has 0 bridgehead atoms. The zero-order valence-corrected chi connectivity index (χ0v) is 14.2. The van der Waals surface area contributed by atoms with Crippen LogP contribution >= 0.6 is 0 Å². The molecule has 1 aromatic carbocycles. The molecule has 0 spiro atoms. The molecule has 6 heteroatoms. The first kappa shape index (κ1) is 17.2. The third kappa shape index (κ3) is 3.54. The maximum Gasteiger partial charge on any atom is 0.318 e. The number of methoxy groups -OCH3 is 1. The summed E-state index contributed by atoms with van der Waals surface area (Å²) >= 11 is 0. The van der Waals surface area contributed by atoms with Crippen molar-refractivity contribution in [3.05, 3.63) is 35.6 Å². The van der Waals surface area contributed by atoms with Gasteiger partial charge in [-0.1, -0.05) is 12.1 Å². The van der Waals surface area contributed by atoms with Gasteiger partial charge in [0.15, 0.2) is 0 Å². The van der Waals surface area contributed by atoms with Crippen LogP contribution in [0.5, 0.6) is 0 Å². The van der Waals surface area contributed by atoms with Crippen LogP contribution in [0.1, 0.15) is 37.9 Å². The van der Waals surface area contributed by atoms with Crippen molar-refractivity contribution in [3.8, 4) is 0 Å². The maximum atomic E-state index is 13.1. The van der Waals surface area contributed by atoms with Crippen molar-refractivity contribution in [1.82, 2.24) is 10.2 Å². The number of benzene rings is 1. The van der Waals surface area contributed by atoms with Gasteiger partial charge in [0.1, 0.15) is 11.9 Å². The summed E-state index contributed by atoms with van der Waals surface area (Å²) in [4.78, 5) is 14.6. The summed E-state index contributed by atoms with van der Waals surface area (Å²) in [7, 11) is 1.60. The quantitative estimate of drug-likeness (QED) is 0.920. The van der Waals surface area contributed by atoms with Crippen LogP contribution < -0.4 is 5.32 Å². The molecule has 0 aromatic heterocycles. The van der Waals surface area contributed by atoms with Crippen LogP contribution in [0.3, 0.4) is 0 Å². The van der Waals surface area contributed by atoms with E-state index in [-0.39, 0.29) is 36.1 Å². The smallest absolute Gasteiger partial charge is 0.318 e. The number of morpholine rings is 1. The fourth-order valence-electron chi connectivity index (χ4n) is 3.81. The van der Waals surface area contributed by atoms with E-state index in [0.717, 1.165) is 24.8 Å². The van der Waals surface area contributed by atoms with Crippen molar-refractivity contribution < 1.29 is 18.7 Å². The molecule has 0 unspecified atom stereocenters. The lowest BCUT2D eigenvalue weighted by molar-refractivity contribution is -0.0394. The van der Waals surface area contributed by atoms with Gasteiger partial charge in [-0.2, -0.15) is 0 Å². The lowest BCUT2D eigenvalue weighted by Crippen LogP contribution is -2.56. The van der Waals surface area contributed by atoms with Crippen LogP contribution in [0.25, 0.3) is 0 Å². The fraction of sp³-hybridized carbons (Fsp3) is 0.611. The van der Waals surface area contributed by atoms with E-state index in [1.54, 1.807) is 19.2 Å². The number of hydrogen-bond donors (Lipinski definition) is 1. The molecule has 3 rings (SSSR count). The van der Waals surface area contributed by atoms with Crippen molar-refractivity contribution in [2.24, 2.45) is 0 Å². The number of fused-ring (bicyclic) bond motifs is 1. The molecule has 1 aliphatic carbocycles. The Kier molecular flexibility index (Phi) is 5.36. The van der Waals surface area contributed by atoms with Gasteiger partial charge in [-0.25, -0.2) is 9.18 Å².